The molecule has 4 aliphatic rings. The average Bonchev–Trinajstić information content (AvgIpc) is 3.04. The summed E-state index contributed by atoms with van der Waals surface area (Å²) >= 11 is 0. The number of aliphatic hydroxyl groups is 1. The predicted octanol–water partition coefficient (Wildman–Crippen LogP) is 4.31. The molecular weight excluding hydrogens is 232 g/mol. The number of rotatable bonds is 1. The van der Waals surface area contributed by atoms with Crippen LogP contribution in [0, 0.1) is 29.6 Å². The molecule has 0 heterocycles. The molecule has 0 aromatic carbocycles. The van der Waals surface area contributed by atoms with Crippen molar-refractivity contribution in [1.29, 1.82) is 0 Å². The van der Waals surface area contributed by atoms with E-state index in [2.05, 4.69) is 12.2 Å². The summed E-state index contributed by atoms with van der Waals surface area (Å²) in [6.45, 7) is 0. The fourth-order valence-electron chi connectivity index (χ4n) is 6.11. The Bertz CT molecular complexity index is 342. The first-order chi connectivity index (χ1) is 9.32. The van der Waals surface area contributed by atoms with Crippen LogP contribution in [-0.4, -0.2) is 10.7 Å². The van der Waals surface area contributed by atoms with Gasteiger partial charge in [0.25, 0.3) is 0 Å². The molecule has 3 saturated carbocycles. The molecule has 4 rings (SSSR count). The van der Waals surface area contributed by atoms with Crippen LogP contribution < -0.4 is 0 Å². The summed E-state index contributed by atoms with van der Waals surface area (Å²) in [7, 11) is 0. The monoisotopic (exact) mass is 260 g/mol. The van der Waals surface area contributed by atoms with Crippen LogP contribution in [0.2, 0.25) is 0 Å². The molecule has 4 atom stereocenters. The van der Waals surface area contributed by atoms with Crippen LogP contribution in [0.3, 0.4) is 0 Å². The molecule has 3 fully saturated rings. The van der Waals surface area contributed by atoms with Crippen molar-refractivity contribution in [1.82, 2.24) is 0 Å². The van der Waals surface area contributed by atoms with Gasteiger partial charge in [0, 0.05) is 11.8 Å². The van der Waals surface area contributed by atoms with Crippen molar-refractivity contribution in [3.8, 4) is 0 Å². The second kappa shape index (κ2) is 4.62. The lowest BCUT2D eigenvalue weighted by molar-refractivity contribution is -0.0576. The Kier molecular flexibility index (Phi) is 3.02. The lowest BCUT2D eigenvalue weighted by Gasteiger charge is -2.36. The predicted molar refractivity (Wildman–Crippen MR) is 77.7 cm³/mol. The molecule has 4 unspecified atom stereocenters. The minimum atomic E-state index is -0.337. The molecule has 0 saturated heterocycles. The molecule has 0 aromatic heterocycles. The van der Waals surface area contributed by atoms with E-state index in [0.29, 0.717) is 17.8 Å². The third-order valence-electron chi connectivity index (χ3n) is 6.90. The molecule has 1 N–H and O–H groups in total. The summed E-state index contributed by atoms with van der Waals surface area (Å²) in [6, 6.07) is 0. The van der Waals surface area contributed by atoms with Crippen LogP contribution in [0.25, 0.3) is 0 Å². The van der Waals surface area contributed by atoms with E-state index in [1.807, 2.05) is 0 Å². The Hall–Kier alpha value is -0.300. The lowest BCUT2D eigenvalue weighted by Crippen LogP contribution is -2.43. The summed E-state index contributed by atoms with van der Waals surface area (Å²) in [5.74, 6) is 3.22. The third-order valence-corrected chi connectivity index (χ3v) is 6.90. The highest BCUT2D eigenvalue weighted by Crippen LogP contribution is 2.62. The van der Waals surface area contributed by atoms with Gasteiger partial charge in [0.15, 0.2) is 0 Å². The highest BCUT2D eigenvalue weighted by atomic mass is 16.3. The number of hydrogen-bond acceptors (Lipinski definition) is 1. The van der Waals surface area contributed by atoms with E-state index in [0.717, 1.165) is 11.8 Å². The molecule has 1 nitrogen and oxygen atoms in total. The van der Waals surface area contributed by atoms with E-state index in [1.54, 1.807) is 0 Å². The van der Waals surface area contributed by atoms with Gasteiger partial charge in [-0.2, -0.15) is 0 Å². The van der Waals surface area contributed by atoms with E-state index in [9.17, 15) is 5.11 Å². The minimum Gasteiger partial charge on any atom is -0.388 e. The van der Waals surface area contributed by atoms with Crippen LogP contribution in [0.5, 0.6) is 0 Å². The van der Waals surface area contributed by atoms with Crippen LogP contribution in [0.4, 0.5) is 0 Å². The first kappa shape index (κ1) is 12.4. The summed E-state index contributed by atoms with van der Waals surface area (Å²) in [5.41, 5.74) is -0.337. The summed E-state index contributed by atoms with van der Waals surface area (Å²) < 4.78 is 0. The number of hydrogen-bond donors (Lipinski definition) is 1. The summed E-state index contributed by atoms with van der Waals surface area (Å²) in [6.07, 6.45) is 18.5. The van der Waals surface area contributed by atoms with Crippen molar-refractivity contribution in [2.75, 3.05) is 0 Å². The molecule has 1 heteroatoms. The van der Waals surface area contributed by atoms with E-state index in [1.165, 1.54) is 64.2 Å². The molecule has 19 heavy (non-hydrogen) atoms. The maximum absolute atomic E-state index is 11.5. The highest BCUT2D eigenvalue weighted by molar-refractivity contribution is 5.26. The maximum Gasteiger partial charge on any atom is 0.0805 e. The van der Waals surface area contributed by atoms with Crippen molar-refractivity contribution in [2.45, 2.75) is 69.8 Å². The fraction of sp³-hybridized carbons (Fsp3) is 0.889. The van der Waals surface area contributed by atoms with E-state index in [4.69, 9.17) is 0 Å². The Morgan fingerprint density at radius 3 is 1.68 bits per heavy atom. The average molecular weight is 260 g/mol. The molecule has 0 aromatic rings. The lowest BCUT2D eigenvalue weighted by atomic mass is 9.75. The van der Waals surface area contributed by atoms with Gasteiger partial charge in [0.05, 0.1) is 5.60 Å². The van der Waals surface area contributed by atoms with Crippen molar-refractivity contribution < 1.29 is 5.11 Å². The fourth-order valence-corrected chi connectivity index (χ4v) is 6.11. The number of fused-ring (bicyclic) bond motifs is 5. The van der Waals surface area contributed by atoms with Gasteiger partial charge in [0.1, 0.15) is 0 Å². The zero-order valence-electron chi connectivity index (χ0n) is 12.1. The second-order valence-electron chi connectivity index (χ2n) is 7.62. The van der Waals surface area contributed by atoms with Gasteiger partial charge in [-0.1, -0.05) is 50.7 Å². The van der Waals surface area contributed by atoms with Gasteiger partial charge in [0.2, 0.25) is 0 Å². The van der Waals surface area contributed by atoms with Crippen molar-refractivity contribution in [3.63, 3.8) is 0 Å². The van der Waals surface area contributed by atoms with Crippen molar-refractivity contribution in [3.05, 3.63) is 12.2 Å². The minimum absolute atomic E-state index is 0.337. The van der Waals surface area contributed by atoms with Crippen molar-refractivity contribution in [2.24, 2.45) is 29.6 Å². The van der Waals surface area contributed by atoms with Gasteiger partial charge >= 0.3 is 0 Å². The first-order valence-electron chi connectivity index (χ1n) is 8.72. The van der Waals surface area contributed by atoms with Gasteiger partial charge in [-0.15, -0.1) is 0 Å². The normalized spacial score (nSPS) is 50.2. The van der Waals surface area contributed by atoms with Gasteiger partial charge in [-0.25, -0.2) is 0 Å². The van der Waals surface area contributed by atoms with E-state index < -0.39 is 0 Å². The summed E-state index contributed by atoms with van der Waals surface area (Å²) in [4.78, 5) is 0. The second-order valence-corrected chi connectivity index (χ2v) is 7.62. The molecular formula is C18H28O. The zero-order chi connectivity index (χ0) is 12.9. The third kappa shape index (κ3) is 1.70. The van der Waals surface area contributed by atoms with Gasteiger partial charge < -0.3 is 5.11 Å². The molecule has 0 aliphatic heterocycles. The standard InChI is InChI=1S/C18H28O/c19-18(13-7-5-6-8-13)16-11-12-17(18)15-10-4-2-1-3-9-14(15)16/h11-17,19H,1-10H2. The maximum atomic E-state index is 11.5. The SMILES string of the molecule is OC1(C2CCCC2)C2C=CC1C1CCCCCCC12. The molecule has 2 bridgehead atoms. The van der Waals surface area contributed by atoms with E-state index >= 15 is 0 Å². The molecule has 4 aliphatic carbocycles. The topological polar surface area (TPSA) is 20.2 Å². The van der Waals surface area contributed by atoms with Crippen LogP contribution in [-0.2, 0) is 0 Å². The molecule has 0 amide bonds. The van der Waals surface area contributed by atoms with Gasteiger partial charge in [-0.05, 0) is 43.4 Å². The van der Waals surface area contributed by atoms with Crippen LogP contribution in [0.1, 0.15) is 64.2 Å². The zero-order valence-corrected chi connectivity index (χ0v) is 12.1. The van der Waals surface area contributed by atoms with Crippen molar-refractivity contribution >= 4 is 0 Å². The van der Waals surface area contributed by atoms with Crippen LogP contribution in [0.15, 0.2) is 12.2 Å². The Morgan fingerprint density at radius 1 is 0.684 bits per heavy atom. The largest absolute Gasteiger partial charge is 0.388 e. The Morgan fingerprint density at radius 2 is 1.16 bits per heavy atom. The molecule has 0 radical (unpaired) electrons. The highest BCUT2D eigenvalue weighted by Gasteiger charge is 2.62. The van der Waals surface area contributed by atoms with E-state index in [-0.39, 0.29) is 5.60 Å². The smallest absolute Gasteiger partial charge is 0.0805 e. The Labute approximate surface area is 117 Å². The quantitative estimate of drug-likeness (QED) is 0.697. The van der Waals surface area contributed by atoms with Gasteiger partial charge in [-0.3, -0.25) is 0 Å². The first-order valence-corrected chi connectivity index (χ1v) is 8.72. The van der Waals surface area contributed by atoms with Crippen LogP contribution >= 0.6 is 0 Å². The molecule has 106 valence electrons. The Balaban J connectivity index is 1.64. The summed E-state index contributed by atoms with van der Waals surface area (Å²) in [5, 5.41) is 11.5. The molecule has 0 spiro atoms.